The van der Waals surface area contributed by atoms with Gasteiger partial charge in [-0.2, -0.15) is 0 Å². The third-order valence-corrected chi connectivity index (χ3v) is 3.09. The highest BCUT2D eigenvalue weighted by molar-refractivity contribution is 6.01. The second kappa shape index (κ2) is 7.65. The number of likely N-dealkylation sites (N-methyl/N-ethyl adjacent to an activating group) is 1. The van der Waals surface area contributed by atoms with Crippen LogP contribution in [0.25, 0.3) is 0 Å². The molecule has 5 heteroatoms. The highest BCUT2D eigenvalue weighted by atomic mass is 16.5. The number of benzene rings is 1. The predicted molar refractivity (Wildman–Crippen MR) is 76.7 cm³/mol. The lowest BCUT2D eigenvalue weighted by Crippen LogP contribution is -2.29. The Morgan fingerprint density at radius 2 is 1.85 bits per heavy atom. The molecule has 1 N–H and O–H groups in total. The molecule has 1 aromatic carbocycles. The molecule has 1 rings (SSSR count). The first-order chi connectivity index (χ1) is 9.53. The molecular formula is C15H21NO4. The van der Waals surface area contributed by atoms with E-state index in [1.165, 1.54) is 6.07 Å². The summed E-state index contributed by atoms with van der Waals surface area (Å²) in [5.41, 5.74) is 0.426. The highest BCUT2D eigenvalue weighted by Gasteiger charge is 2.16. The fourth-order valence-electron chi connectivity index (χ4n) is 1.89. The Morgan fingerprint density at radius 1 is 1.20 bits per heavy atom. The van der Waals surface area contributed by atoms with Gasteiger partial charge in [0.2, 0.25) is 0 Å². The first kappa shape index (κ1) is 16.2. The van der Waals surface area contributed by atoms with Gasteiger partial charge in [-0.25, -0.2) is 4.79 Å². The van der Waals surface area contributed by atoms with Gasteiger partial charge in [0.1, 0.15) is 11.3 Å². The van der Waals surface area contributed by atoms with Gasteiger partial charge in [0.05, 0.1) is 13.2 Å². The number of carbonyl (C=O) groups is 2. The van der Waals surface area contributed by atoms with Crippen LogP contribution >= 0.6 is 0 Å². The van der Waals surface area contributed by atoms with Gasteiger partial charge in [0, 0.05) is 5.56 Å². The van der Waals surface area contributed by atoms with Crippen molar-refractivity contribution in [3.63, 3.8) is 0 Å². The second-order valence-electron chi connectivity index (χ2n) is 4.33. The number of ketones is 1. The Hall–Kier alpha value is -1.88. The number of carboxylic acid groups (broad SMARTS) is 1. The molecule has 0 atom stereocenters. The Kier molecular flexibility index (Phi) is 6.18. The molecule has 0 radical (unpaired) electrons. The summed E-state index contributed by atoms with van der Waals surface area (Å²) in [6.07, 6.45) is 0. The van der Waals surface area contributed by atoms with Gasteiger partial charge in [0.15, 0.2) is 5.78 Å². The smallest absolute Gasteiger partial charge is 0.339 e. The van der Waals surface area contributed by atoms with Crippen LogP contribution < -0.4 is 4.74 Å². The van der Waals surface area contributed by atoms with Crippen LogP contribution in [0.4, 0.5) is 0 Å². The van der Waals surface area contributed by atoms with Crippen molar-refractivity contribution in [1.82, 2.24) is 4.90 Å². The van der Waals surface area contributed by atoms with Crippen molar-refractivity contribution in [2.75, 3.05) is 26.2 Å². The Morgan fingerprint density at radius 3 is 2.35 bits per heavy atom. The average Bonchev–Trinajstić information content (AvgIpc) is 2.44. The summed E-state index contributed by atoms with van der Waals surface area (Å²) in [5.74, 6) is -0.885. The van der Waals surface area contributed by atoms with E-state index < -0.39 is 5.97 Å². The zero-order valence-corrected chi connectivity index (χ0v) is 12.2. The largest absolute Gasteiger partial charge is 0.493 e. The fraction of sp³-hybridized carbons (Fsp3) is 0.467. The van der Waals surface area contributed by atoms with Gasteiger partial charge in [-0.15, -0.1) is 0 Å². The molecule has 1 aromatic rings. The van der Waals surface area contributed by atoms with E-state index in [0.29, 0.717) is 24.5 Å². The maximum atomic E-state index is 12.1. The van der Waals surface area contributed by atoms with Gasteiger partial charge in [-0.3, -0.25) is 9.69 Å². The number of ether oxygens (including phenoxy) is 1. The molecule has 0 aliphatic rings. The van der Waals surface area contributed by atoms with Crippen LogP contribution in [0.1, 0.15) is 41.5 Å². The quantitative estimate of drug-likeness (QED) is 0.740. The molecule has 0 heterocycles. The molecule has 0 aromatic heterocycles. The molecule has 0 saturated heterocycles. The Labute approximate surface area is 119 Å². The van der Waals surface area contributed by atoms with E-state index in [-0.39, 0.29) is 11.3 Å². The molecule has 0 amide bonds. The number of carbonyl (C=O) groups excluding carboxylic acids is 1. The lowest BCUT2D eigenvalue weighted by molar-refractivity contribution is 0.0692. The van der Waals surface area contributed by atoms with Crippen molar-refractivity contribution in [2.24, 2.45) is 0 Å². The van der Waals surface area contributed by atoms with E-state index in [9.17, 15) is 14.7 Å². The van der Waals surface area contributed by atoms with Crippen LogP contribution in [-0.4, -0.2) is 48.0 Å². The number of nitrogens with zero attached hydrogens (tertiary/aromatic N) is 1. The van der Waals surface area contributed by atoms with Gasteiger partial charge < -0.3 is 9.84 Å². The summed E-state index contributed by atoms with van der Waals surface area (Å²) < 4.78 is 5.25. The van der Waals surface area contributed by atoms with Crippen molar-refractivity contribution in [3.05, 3.63) is 29.3 Å². The molecule has 110 valence electrons. The van der Waals surface area contributed by atoms with Crippen LogP contribution in [-0.2, 0) is 0 Å². The summed E-state index contributed by atoms with van der Waals surface area (Å²) >= 11 is 0. The summed E-state index contributed by atoms with van der Waals surface area (Å²) in [7, 11) is 0. The van der Waals surface area contributed by atoms with Crippen LogP contribution in [0.2, 0.25) is 0 Å². The molecule has 0 fully saturated rings. The molecule has 0 bridgehead atoms. The topological polar surface area (TPSA) is 66.8 Å². The van der Waals surface area contributed by atoms with E-state index in [4.69, 9.17) is 4.74 Å². The number of aromatic carboxylic acids is 1. The van der Waals surface area contributed by atoms with Crippen LogP contribution in [0.15, 0.2) is 18.2 Å². The first-order valence-electron chi connectivity index (χ1n) is 6.79. The van der Waals surface area contributed by atoms with E-state index in [1.54, 1.807) is 19.1 Å². The Bertz CT molecular complexity index is 481. The van der Waals surface area contributed by atoms with Crippen LogP contribution in [0.5, 0.6) is 5.75 Å². The lowest BCUT2D eigenvalue weighted by Gasteiger charge is -2.17. The van der Waals surface area contributed by atoms with Crippen molar-refractivity contribution < 1.29 is 19.4 Å². The van der Waals surface area contributed by atoms with Crippen molar-refractivity contribution >= 4 is 11.8 Å². The minimum Gasteiger partial charge on any atom is -0.493 e. The van der Waals surface area contributed by atoms with Crippen LogP contribution in [0.3, 0.4) is 0 Å². The molecule has 20 heavy (non-hydrogen) atoms. The number of rotatable bonds is 8. The predicted octanol–water partition coefficient (Wildman–Crippen LogP) is 2.31. The zero-order chi connectivity index (χ0) is 15.1. The SMILES string of the molecule is CCOc1ccc(C(=O)CN(CC)CC)cc1C(=O)O. The number of carboxylic acids is 1. The number of Topliss-reactive ketones (excluding diaryl/α,β-unsaturated/α-hetero) is 1. The van der Waals surface area contributed by atoms with Crippen molar-refractivity contribution in [2.45, 2.75) is 20.8 Å². The normalized spacial score (nSPS) is 10.6. The third kappa shape index (κ3) is 4.06. The summed E-state index contributed by atoms with van der Waals surface area (Å²) in [5, 5.41) is 9.17. The van der Waals surface area contributed by atoms with E-state index in [0.717, 1.165) is 13.1 Å². The van der Waals surface area contributed by atoms with Crippen LogP contribution in [0, 0.1) is 0 Å². The summed E-state index contributed by atoms with van der Waals surface area (Å²) in [4.78, 5) is 25.3. The molecule has 0 spiro atoms. The summed E-state index contributed by atoms with van der Waals surface area (Å²) in [6, 6.07) is 4.55. The maximum absolute atomic E-state index is 12.1. The van der Waals surface area contributed by atoms with Gasteiger partial charge in [0.25, 0.3) is 0 Å². The molecule has 0 aliphatic carbocycles. The van der Waals surface area contributed by atoms with Crippen molar-refractivity contribution in [1.29, 1.82) is 0 Å². The average molecular weight is 279 g/mol. The molecule has 0 saturated carbocycles. The molecule has 0 aliphatic heterocycles. The van der Waals surface area contributed by atoms with Gasteiger partial charge >= 0.3 is 5.97 Å². The van der Waals surface area contributed by atoms with E-state index in [1.807, 2.05) is 18.7 Å². The third-order valence-electron chi connectivity index (χ3n) is 3.09. The molecule has 5 nitrogen and oxygen atoms in total. The first-order valence-corrected chi connectivity index (χ1v) is 6.79. The highest BCUT2D eigenvalue weighted by Crippen LogP contribution is 2.21. The molecule has 0 unspecified atom stereocenters. The number of hydrogen-bond acceptors (Lipinski definition) is 4. The van der Waals surface area contributed by atoms with E-state index in [2.05, 4.69) is 0 Å². The minimum absolute atomic E-state index is 0.0252. The van der Waals surface area contributed by atoms with E-state index >= 15 is 0 Å². The molecular weight excluding hydrogens is 258 g/mol. The fourth-order valence-corrected chi connectivity index (χ4v) is 1.89. The lowest BCUT2D eigenvalue weighted by atomic mass is 10.1. The van der Waals surface area contributed by atoms with Crippen molar-refractivity contribution in [3.8, 4) is 5.75 Å². The van der Waals surface area contributed by atoms with Gasteiger partial charge in [-0.1, -0.05) is 13.8 Å². The summed E-state index contributed by atoms with van der Waals surface area (Å²) in [6.45, 7) is 7.99. The maximum Gasteiger partial charge on any atom is 0.339 e. The monoisotopic (exact) mass is 279 g/mol. The zero-order valence-electron chi connectivity index (χ0n) is 12.2. The minimum atomic E-state index is -1.09. The standard InChI is InChI=1S/C15H21NO4/c1-4-16(5-2)10-13(17)11-7-8-14(20-6-3)12(9-11)15(18)19/h7-9H,4-6,10H2,1-3H3,(H,18,19). The van der Waals surface area contributed by atoms with Gasteiger partial charge in [-0.05, 0) is 38.2 Å². The Balaban J connectivity index is 2.99. The second-order valence-corrected chi connectivity index (χ2v) is 4.33. The number of hydrogen-bond donors (Lipinski definition) is 1.